The number of nitrogens with one attached hydrogen (secondary N) is 1. The number of phenolic OH excluding ortho intramolecular Hbond substituents is 1. The number of pyridine rings is 1. The van der Waals surface area contributed by atoms with Crippen molar-refractivity contribution in [3.05, 3.63) is 52.3 Å². The van der Waals surface area contributed by atoms with Crippen LogP contribution in [-0.2, 0) is 33.7 Å². The van der Waals surface area contributed by atoms with Crippen LogP contribution in [0.1, 0.15) is 161 Å². The van der Waals surface area contributed by atoms with Crippen LogP contribution in [0.2, 0.25) is 0 Å². The summed E-state index contributed by atoms with van der Waals surface area (Å²) >= 11 is 0. The van der Waals surface area contributed by atoms with Crippen LogP contribution >= 0.6 is 0 Å². The van der Waals surface area contributed by atoms with Gasteiger partial charge in [0.2, 0.25) is 0 Å². The maximum Gasteiger partial charge on any atom is 0.306 e. The topological polar surface area (TPSA) is 133 Å². The third-order valence-electron chi connectivity index (χ3n) is 11.5. The monoisotopic (exact) mass is 813 g/mol. The van der Waals surface area contributed by atoms with E-state index in [4.69, 9.17) is 19.9 Å². The molecular formula is C50H76N4O5. The van der Waals surface area contributed by atoms with Gasteiger partial charge in [-0.3, -0.25) is 4.79 Å². The summed E-state index contributed by atoms with van der Waals surface area (Å²) in [7, 11) is 0. The molecule has 2 aromatic carbocycles. The summed E-state index contributed by atoms with van der Waals surface area (Å²) in [6.45, 7) is 24.4. The summed E-state index contributed by atoms with van der Waals surface area (Å²) in [5, 5.41) is 12.1. The number of nitrogen functional groups attached to an aromatic ring is 1. The number of carbonyl (C=O) groups is 1. The Hall–Kier alpha value is -4.29. The first-order chi connectivity index (χ1) is 27.9. The maximum absolute atomic E-state index is 12.3. The van der Waals surface area contributed by atoms with Crippen molar-refractivity contribution >= 4 is 33.7 Å². The molecule has 5 rings (SSSR count). The lowest BCUT2D eigenvalue weighted by Gasteiger charge is -2.38. The SMILES string of the molecule is C#C.CCOCc1nc2c([nH]1)c(N)nc1ccccc12.Cc1c(CCC(=O)OC(C)(C)C)c(O)c(C)c2c1CCC(C)(CCCC(C)CCCC(C)CCCC(C)C)O2. The van der Waals surface area contributed by atoms with E-state index in [1.807, 2.05) is 58.9 Å². The summed E-state index contributed by atoms with van der Waals surface area (Å²) in [6, 6.07) is 7.84. The number of anilines is 1. The molecule has 3 atom stereocenters. The summed E-state index contributed by atoms with van der Waals surface area (Å²) in [5.74, 6) is 4.58. The summed E-state index contributed by atoms with van der Waals surface area (Å²) < 4.78 is 17.5. The molecule has 2 aromatic heterocycles. The van der Waals surface area contributed by atoms with Crippen molar-refractivity contribution in [3.63, 3.8) is 0 Å². The third kappa shape index (κ3) is 14.7. The highest BCUT2D eigenvalue weighted by Crippen LogP contribution is 2.45. The Bertz CT molecular complexity index is 1960. The van der Waals surface area contributed by atoms with Crippen molar-refractivity contribution in [2.24, 2.45) is 17.8 Å². The number of ether oxygens (including phenoxy) is 3. The molecule has 9 nitrogen and oxygen atoms in total. The van der Waals surface area contributed by atoms with Gasteiger partial charge in [-0.1, -0.05) is 90.8 Å². The fourth-order valence-corrected chi connectivity index (χ4v) is 8.15. The first-order valence-electron chi connectivity index (χ1n) is 22.1. The Morgan fingerprint density at radius 1 is 0.983 bits per heavy atom. The molecule has 0 aliphatic carbocycles. The normalized spacial score (nSPS) is 16.0. The fourth-order valence-electron chi connectivity index (χ4n) is 8.15. The zero-order valence-corrected chi connectivity index (χ0v) is 38.4. The maximum atomic E-state index is 12.3. The second-order valence-electron chi connectivity index (χ2n) is 18.4. The van der Waals surface area contributed by atoms with Crippen LogP contribution in [0.25, 0.3) is 21.9 Å². The van der Waals surface area contributed by atoms with E-state index < -0.39 is 5.60 Å². The molecule has 59 heavy (non-hydrogen) atoms. The number of rotatable bonds is 18. The highest BCUT2D eigenvalue weighted by Gasteiger charge is 2.35. The van der Waals surface area contributed by atoms with Gasteiger partial charge in [0.15, 0.2) is 0 Å². The van der Waals surface area contributed by atoms with Gasteiger partial charge < -0.3 is 30.0 Å². The Morgan fingerprint density at radius 2 is 1.61 bits per heavy atom. The number of aromatic amines is 1. The third-order valence-corrected chi connectivity index (χ3v) is 11.5. The highest BCUT2D eigenvalue weighted by atomic mass is 16.6. The number of phenols is 1. The fraction of sp³-hybridized carbons (Fsp3) is 0.620. The van der Waals surface area contributed by atoms with Gasteiger partial charge in [0, 0.05) is 24.0 Å². The minimum atomic E-state index is -0.499. The molecule has 326 valence electrons. The van der Waals surface area contributed by atoms with Gasteiger partial charge in [-0.15, -0.1) is 12.8 Å². The van der Waals surface area contributed by atoms with E-state index in [1.165, 1.54) is 56.9 Å². The van der Waals surface area contributed by atoms with Crippen LogP contribution in [0.4, 0.5) is 5.82 Å². The summed E-state index contributed by atoms with van der Waals surface area (Å²) in [6.07, 6.45) is 22.3. The largest absolute Gasteiger partial charge is 0.507 e. The second kappa shape index (κ2) is 22.9. The number of nitrogens with zero attached hydrogens (tertiary/aromatic N) is 2. The van der Waals surface area contributed by atoms with E-state index >= 15 is 0 Å². The number of benzene rings is 2. The molecule has 1 aliphatic heterocycles. The molecule has 4 aromatic rings. The van der Waals surface area contributed by atoms with E-state index in [1.54, 1.807) is 0 Å². The van der Waals surface area contributed by atoms with Gasteiger partial charge in [0.1, 0.15) is 52.0 Å². The van der Waals surface area contributed by atoms with E-state index in [9.17, 15) is 9.90 Å². The smallest absolute Gasteiger partial charge is 0.306 e. The number of aromatic nitrogens is 3. The van der Waals surface area contributed by atoms with Crippen molar-refractivity contribution in [1.29, 1.82) is 0 Å². The van der Waals surface area contributed by atoms with Crippen LogP contribution in [0.3, 0.4) is 0 Å². The van der Waals surface area contributed by atoms with E-state index in [0.717, 1.165) is 87.2 Å². The lowest BCUT2D eigenvalue weighted by molar-refractivity contribution is -0.154. The van der Waals surface area contributed by atoms with Gasteiger partial charge in [-0.2, -0.15) is 0 Å². The number of fused-ring (bicyclic) bond motifs is 4. The van der Waals surface area contributed by atoms with Crippen LogP contribution in [-0.4, -0.2) is 43.8 Å². The van der Waals surface area contributed by atoms with E-state index in [0.29, 0.717) is 25.5 Å². The standard InChI is InChI=1S/C35H60O4.C13H14N4O.C2H2/c1-24(2)14-11-15-25(3)16-12-17-26(4)18-13-22-35(10)23-21-30-27(5)29(32(37)28(6)33(30)39-35)19-20-31(36)38-34(7,8)9;1-2-18-7-10-16-11-8-5-3-4-6-9(8)15-13(14)12(11)17-10;1-2/h24-26,37H,11-23H2,1-10H3;3-6H,2,7H2,1H3,(H2,14,15)(H,16,17);1-2H. The minimum absolute atomic E-state index is 0.195. The molecule has 0 saturated heterocycles. The van der Waals surface area contributed by atoms with Gasteiger partial charge >= 0.3 is 5.97 Å². The van der Waals surface area contributed by atoms with E-state index in [-0.39, 0.29) is 23.7 Å². The average molecular weight is 813 g/mol. The van der Waals surface area contributed by atoms with Crippen molar-refractivity contribution in [1.82, 2.24) is 15.0 Å². The first-order valence-corrected chi connectivity index (χ1v) is 22.1. The zero-order valence-electron chi connectivity index (χ0n) is 38.4. The number of hydrogen-bond donors (Lipinski definition) is 3. The number of carbonyl (C=O) groups excluding carboxylic acids is 1. The second-order valence-corrected chi connectivity index (χ2v) is 18.4. The molecule has 0 spiro atoms. The van der Waals surface area contributed by atoms with Crippen molar-refractivity contribution in [2.45, 2.75) is 177 Å². The number of terminal acetylenes is 1. The Labute approximate surface area is 356 Å². The summed E-state index contributed by atoms with van der Waals surface area (Å²) in [4.78, 5) is 24.3. The van der Waals surface area contributed by atoms with Crippen molar-refractivity contribution in [2.75, 3.05) is 12.3 Å². The predicted molar refractivity (Wildman–Crippen MR) is 245 cm³/mol. The Balaban J connectivity index is 0.000000382. The first kappa shape index (κ1) is 49.1. The van der Waals surface area contributed by atoms with Crippen LogP contribution < -0.4 is 10.5 Å². The quantitative estimate of drug-likeness (QED) is 0.0668. The van der Waals surface area contributed by atoms with Gasteiger partial charge in [0.05, 0.1) is 5.52 Å². The number of aromatic hydroxyl groups is 1. The van der Waals surface area contributed by atoms with Gasteiger partial charge in [-0.25, -0.2) is 9.97 Å². The molecule has 1 aliphatic rings. The van der Waals surface area contributed by atoms with Crippen molar-refractivity contribution < 1.29 is 24.1 Å². The molecule has 0 fully saturated rings. The number of imidazole rings is 1. The number of para-hydroxylation sites is 1. The Kier molecular flexibility index (Phi) is 19.1. The number of hydrogen-bond acceptors (Lipinski definition) is 8. The van der Waals surface area contributed by atoms with Crippen LogP contribution in [0, 0.1) is 44.4 Å². The zero-order chi connectivity index (χ0) is 43.9. The molecule has 3 unspecified atom stereocenters. The lowest BCUT2D eigenvalue weighted by atomic mass is 9.83. The molecule has 0 radical (unpaired) electrons. The van der Waals surface area contributed by atoms with E-state index in [2.05, 4.69) is 69.3 Å². The highest BCUT2D eigenvalue weighted by molar-refractivity contribution is 6.06. The molecule has 3 heterocycles. The van der Waals surface area contributed by atoms with Gasteiger partial charge in [-0.05, 0) is 121 Å². The minimum Gasteiger partial charge on any atom is -0.507 e. The number of nitrogens with two attached hydrogens (primary N) is 1. The number of esters is 1. The molecular weight excluding hydrogens is 737 g/mol. The molecule has 4 N–H and O–H groups in total. The van der Waals surface area contributed by atoms with Crippen LogP contribution in [0.15, 0.2) is 24.3 Å². The lowest BCUT2D eigenvalue weighted by Crippen LogP contribution is -2.37. The van der Waals surface area contributed by atoms with Crippen LogP contribution in [0.5, 0.6) is 11.5 Å². The van der Waals surface area contributed by atoms with Gasteiger partial charge in [0.25, 0.3) is 0 Å². The summed E-state index contributed by atoms with van der Waals surface area (Å²) in [5.41, 5.74) is 11.7. The van der Waals surface area contributed by atoms with Crippen molar-refractivity contribution in [3.8, 4) is 24.3 Å². The predicted octanol–water partition coefficient (Wildman–Crippen LogP) is 12.3. The molecule has 0 bridgehead atoms. The molecule has 0 amide bonds. The molecule has 9 heteroatoms. The molecule has 0 saturated carbocycles. The number of H-pyrrole nitrogens is 1. The average Bonchev–Trinajstić information content (AvgIpc) is 3.62. The Morgan fingerprint density at radius 3 is 2.24 bits per heavy atom.